The van der Waals surface area contributed by atoms with Gasteiger partial charge in [-0.1, -0.05) is 0 Å². The fourth-order valence-corrected chi connectivity index (χ4v) is 0.912. The van der Waals surface area contributed by atoms with E-state index in [9.17, 15) is 0 Å². The number of hydrogen-bond acceptors (Lipinski definition) is 2. The van der Waals surface area contributed by atoms with Gasteiger partial charge in [-0.3, -0.25) is 4.98 Å². The minimum Gasteiger partial charge on any atom is -0.307 e. The summed E-state index contributed by atoms with van der Waals surface area (Å²) < 4.78 is 1.91. The Hall–Kier alpha value is -1.64. The Kier molecular flexibility index (Phi) is 1.41. The van der Waals surface area contributed by atoms with Crippen LogP contribution in [0.15, 0.2) is 43.1 Å². The van der Waals surface area contributed by atoms with Crippen molar-refractivity contribution in [3.8, 4) is 5.82 Å². The molecule has 0 aromatic carbocycles. The zero-order valence-corrected chi connectivity index (χ0v) is 5.88. The van der Waals surface area contributed by atoms with Crippen molar-refractivity contribution in [3.05, 3.63) is 43.1 Å². The molecule has 2 rings (SSSR count). The quantitative estimate of drug-likeness (QED) is 0.605. The van der Waals surface area contributed by atoms with Crippen LogP contribution in [0.3, 0.4) is 0 Å². The molecule has 0 saturated carbocycles. The third-order valence-corrected chi connectivity index (χ3v) is 1.42. The van der Waals surface area contributed by atoms with Crippen molar-refractivity contribution in [2.24, 2.45) is 0 Å². The minimum atomic E-state index is 0.845. The molecule has 0 aliphatic heterocycles. The normalized spacial score (nSPS) is 9.82. The van der Waals surface area contributed by atoms with Crippen molar-refractivity contribution in [3.63, 3.8) is 0 Å². The molecular formula is C8H7N3. The van der Waals surface area contributed by atoms with Crippen LogP contribution < -0.4 is 0 Å². The molecule has 0 saturated heterocycles. The first-order valence-corrected chi connectivity index (χ1v) is 3.36. The van der Waals surface area contributed by atoms with Gasteiger partial charge in [0.25, 0.3) is 0 Å². The van der Waals surface area contributed by atoms with Crippen molar-refractivity contribution in [2.45, 2.75) is 0 Å². The largest absolute Gasteiger partial charge is 0.307 e. The molecule has 0 aliphatic rings. The second-order valence-electron chi connectivity index (χ2n) is 2.15. The zero-order chi connectivity index (χ0) is 7.52. The summed E-state index contributed by atoms with van der Waals surface area (Å²) >= 11 is 0. The number of nitrogens with zero attached hydrogens (tertiary/aromatic N) is 3. The summed E-state index contributed by atoms with van der Waals surface area (Å²) in [5.41, 5.74) is 0. The molecular weight excluding hydrogens is 138 g/mol. The Morgan fingerprint density at radius 2 is 1.91 bits per heavy atom. The molecule has 0 bridgehead atoms. The van der Waals surface area contributed by atoms with Crippen molar-refractivity contribution in [2.75, 3.05) is 0 Å². The van der Waals surface area contributed by atoms with E-state index >= 15 is 0 Å². The van der Waals surface area contributed by atoms with Gasteiger partial charge in [0, 0.05) is 24.8 Å². The van der Waals surface area contributed by atoms with E-state index in [2.05, 4.69) is 9.97 Å². The smallest absolute Gasteiger partial charge is 0.155 e. The molecule has 11 heavy (non-hydrogen) atoms. The van der Waals surface area contributed by atoms with Gasteiger partial charge in [0.2, 0.25) is 0 Å². The zero-order valence-electron chi connectivity index (χ0n) is 5.88. The molecule has 0 aliphatic carbocycles. The molecule has 0 unspecified atom stereocenters. The van der Waals surface area contributed by atoms with Crippen LogP contribution in [0.4, 0.5) is 0 Å². The summed E-state index contributed by atoms with van der Waals surface area (Å²) in [4.78, 5) is 8.08. The number of rotatable bonds is 1. The summed E-state index contributed by atoms with van der Waals surface area (Å²) in [6.45, 7) is 0. The Morgan fingerprint density at radius 1 is 1.09 bits per heavy atom. The third kappa shape index (κ3) is 1.12. The van der Waals surface area contributed by atoms with Crippen LogP contribution >= 0.6 is 0 Å². The van der Waals surface area contributed by atoms with Gasteiger partial charge in [0.1, 0.15) is 0 Å². The van der Waals surface area contributed by atoms with Gasteiger partial charge in [-0.2, -0.15) is 0 Å². The van der Waals surface area contributed by atoms with Gasteiger partial charge < -0.3 is 4.57 Å². The first-order chi connectivity index (χ1) is 5.47. The van der Waals surface area contributed by atoms with Crippen LogP contribution in [0.25, 0.3) is 5.82 Å². The molecule has 0 N–H and O–H groups in total. The molecule has 0 radical (unpaired) electrons. The molecule has 0 amide bonds. The first kappa shape index (κ1) is 6.09. The van der Waals surface area contributed by atoms with Crippen LogP contribution in [0.2, 0.25) is 0 Å². The maximum atomic E-state index is 4.12. The Bertz CT molecular complexity index is 312. The van der Waals surface area contributed by atoms with Crippen molar-refractivity contribution in [1.82, 2.24) is 14.5 Å². The summed E-state index contributed by atoms with van der Waals surface area (Å²) in [6, 6.07) is 3.91. The fourth-order valence-electron chi connectivity index (χ4n) is 0.912. The van der Waals surface area contributed by atoms with Crippen LogP contribution in [-0.4, -0.2) is 14.5 Å². The minimum absolute atomic E-state index is 0.845. The predicted molar refractivity (Wildman–Crippen MR) is 41.4 cm³/mol. The molecule has 2 heterocycles. The molecule has 3 nitrogen and oxygen atoms in total. The highest BCUT2D eigenvalue weighted by atomic mass is 15.0. The van der Waals surface area contributed by atoms with E-state index in [1.165, 1.54) is 0 Å². The highest BCUT2D eigenvalue weighted by Gasteiger charge is 1.91. The molecule has 3 heteroatoms. The van der Waals surface area contributed by atoms with Crippen LogP contribution in [0.1, 0.15) is 0 Å². The highest BCUT2D eigenvalue weighted by molar-refractivity contribution is 5.18. The van der Waals surface area contributed by atoms with E-state index in [-0.39, 0.29) is 0 Å². The van der Waals surface area contributed by atoms with E-state index in [0.29, 0.717) is 0 Å². The Labute approximate surface area is 64.3 Å². The van der Waals surface area contributed by atoms with Crippen LogP contribution in [0, 0.1) is 0 Å². The van der Waals surface area contributed by atoms with Crippen molar-refractivity contribution < 1.29 is 0 Å². The van der Waals surface area contributed by atoms with Crippen molar-refractivity contribution in [1.29, 1.82) is 0 Å². The molecule has 0 fully saturated rings. The molecule has 2 aromatic heterocycles. The molecule has 54 valence electrons. The van der Waals surface area contributed by atoms with Gasteiger partial charge in [-0.25, -0.2) is 4.98 Å². The Morgan fingerprint density at radius 3 is 2.55 bits per heavy atom. The lowest BCUT2D eigenvalue weighted by Gasteiger charge is -1.97. The average Bonchev–Trinajstić information content (AvgIpc) is 2.58. The highest BCUT2D eigenvalue weighted by Crippen LogP contribution is 1.99. The SMILES string of the molecule is c1ccn(-c2cnccn2)c1. The second-order valence-corrected chi connectivity index (χ2v) is 2.15. The van der Waals surface area contributed by atoms with Crippen LogP contribution in [-0.2, 0) is 0 Å². The maximum Gasteiger partial charge on any atom is 0.155 e. The van der Waals surface area contributed by atoms with E-state index < -0.39 is 0 Å². The lowest BCUT2D eigenvalue weighted by atomic mass is 10.6. The fraction of sp³-hybridized carbons (Fsp3) is 0. The summed E-state index contributed by atoms with van der Waals surface area (Å²) in [5.74, 6) is 0.845. The molecule has 2 aromatic rings. The van der Waals surface area contributed by atoms with E-state index in [4.69, 9.17) is 0 Å². The summed E-state index contributed by atoms with van der Waals surface area (Å²) in [7, 11) is 0. The molecule has 0 spiro atoms. The first-order valence-electron chi connectivity index (χ1n) is 3.36. The van der Waals surface area contributed by atoms with Crippen LogP contribution in [0.5, 0.6) is 0 Å². The third-order valence-electron chi connectivity index (χ3n) is 1.42. The van der Waals surface area contributed by atoms with Crippen molar-refractivity contribution >= 4 is 0 Å². The van der Waals surface area contributed by atoms with Gasteiger partial charge >= 0.3 is 0 Å². The predicted octanol–water partition coefficient (Wildman–Crippen LogP) is 1.27. The number of hydrogen-bond donors (Lipinski definition) is 0. The van der Waals surface area contributed by atoms with Gasteiger partial charge in [-0.15, -0.1) is 0 Å². The monoisotopic (exact) mass is 145 g/mol. The van der Waals surface area contributed by atoms with Gasteiger partial charge in [0.15, 0.2) is 5.82 Å². The van der Waals surface area contributed by atoms with E-state index in [0.717, 1.165) is 5.82 Å². The van der Waals surface area contributed by atoms with Gasteiger partial charge in [-0.05, 0) is 12.1 Å². The summed E-state index contributed by atoms with van der Waals surface area (Å²) in [6.07, 6.45) is 8.93. The lowest BCUT2D eigenvalue weighted by molar-refractivity contribution is 0.983. The lowest BCUT2D eigenvalue weighted by Crippen LogP contribution is -1.92. The number of aromatic nitrogens is 3. The van der Waals surface area contributed by atoms with E-state index in [1.807, 2.05) is 29.1 Å². The van der Waals surface area contributed by atoms with E-state index in [1.54, 1.807) is 18.6 Å². The topological polar surface area (TPSA) is 30.7 Å². The second kappa shape index (κ2) is 2.54. The summed E-state index contributed by atoms with van der Waals surface area (Å²) in [5, 5.41) is 0. The Balaban J connectivity index is 2.46. The maximum absolute atomic E-state index is 4.12. The standard InChI is InChI=1S/C8H7N3/c1-2-6-11(5-1)8-7-9-3-4-10-8/h1-7H. The average molecular weight is 145 g/mol. The molecule has 0 atom stereocenters. The van der Waals surface area contributed by atoms with Gasteiger partial charge in [0.05, 0.1) is 6.20 Å².